The fraction of sp³-hybridized carbons (Fsp3) is 0.474. The van der Waals surface area contributed by atoms with Crippen LogP contribution in [0.5, 0.6) is 0 Å². The zero-order valence-electron chi connectivity index (χ0n) is 13.9. The second kappa shape index (κ2) is 8.08. The van der Waals surface area contributed by atoms with Gasteiger partial charge >= 0.3 is 0 Å². The average molecular weight is 329 g/mol. The Morgan fingerprint density at radius 2 is 2.12 bits per heavy atom. The summed E-state index contributed by atoms with van der Waals surface area (Å²) in [6, 6.07) is 8.61. The number of carbonyl (C=O) groups is 1. The van der Waals surface area contributed by atoms with Crippen molar-refractivity contribution in [3.8, 4) is 0 Å². The highest BCUT2D eigenvalue weighted by Crippen LogP contribution is 2.22. The summed E-state index contributed by atoms with van der Waals surface area (Å²) in [5.74, 6) is 0.569. The lowest BCUT2D eigenvalue weighted by Gasteiger charge is -2.33. The van der Waals surface area contributed by atoms with E-state index in [1.54, 1.807) is 10.9 Å². The van der Waals surface area contributed by atoms with Gasteiger partial charge in [0, 0.05) is 38.4 Å². The molecule has 0 aliphatic carbocycles. The maximum atomic E-state index is 12.9. The van der Waals surface area contributed by atoms with Crippen LogP contribution in [-0.4, -0.2) is 33.7 Å². The van der Waals surface area contributed by atoms with Crippen molar-refractivity contribution < 1.29 is 9.18 Å². The van der Waals surface area contributed by atoms with Crippen LogP contribution in [0.2, 0.25) is 0 Å². The van der Waals surface area contributed by atoms with Crippen LogP contribution in [0, 0.1) is 11.7 Å². The average Bonchev–Trinajstić information content (AvgIpc) is 3.13. The molecule has 1 fully saturated rings. The highest BCUT2D eigenvalue weighted by molar-refractivity contribution is 5.76. The Hall–Kier alpha value is -2.17. The fourth-order valence-electron chi connectivity index (χ4n) is 3.35. The molecule has 4 nitrogen and oxygen atoms in total. The number of hydrogen-bond acceptors (Lipinski definition) is 2. The number of benzene rings is 1. The van der Waals surface area contributed by atoms with Crippen LogP contribution in [0.3, 0.4) is 0 Å². The van der Waals surface area contributed by atoms with E-state index in [0.29, 0.717) is 18.9 Å². The summed E-state index contributed by atoms with van der Waals surface area (Å²) in [7, 11) is 0. The minimum Gasteiger partial charge on any atom is -0.342 e. The number of piperidine rings is 1. The molecule has 1 aliphatic heterocycles. The first-order valence-electron chi connectivity index (χ1n) is 8.70. The minimum absolute atomic E-state index is 0.189. The van der Waals surface area contributed by atoms with E-state index < -0.39 is 0 Å². The fourth-order valence-corrected chi connectivity index (χ4v) is 3.35. The molecule has 2 aromatic rings. The molecule has 0 bridgehead atoms. The normalized spacial score (nSPS) is 17.9. The smallest absolute Gasteiger partial charge is 0.224 e. The van der Waals surface area contributed by atoms with Crippen molar-refractivity contribution >= 4 is 5.91 Å². The Bertz CT molecular complexity index is 639. The maximum Gasteiger partial charge on any atom is 0.224 e. The third kappa shape index (κ3) is 4.66. The second-order valence-electron chi connectivity index (χ2n) is 6.53. The van der Waals surface area contributed by atoms with Gasteiger partial charge in [-0.25, -0.2) is 4.39 Å². The highest BCUT2D eigenvalue weighted by Gasteiger charge is 2.23. The van der Waals surface area contributed by atoms with Gasteiger partial charge < -0.3 is 4.90 Å². The van der Waals surface area contributed by atoms with Crippen molar-refractivity contribution in [2.45, 2.75) is 38.6 Å². The molecule has 1 aromatic carbocycles. The van der Waals surface area contributed by atoms with E-state index in [4.69, 9.17) is 0 Å². The summed E-state index contributed by atoms with van der Waals surface area (Å²) in [6.07, 6.45) is 8.36. The summed E-state index contributed by atoms with van der Waals surface area (Å²) in [5.41, 5.74) is 1.17. The van der Waals surface area contributed by atoms with Crippen LogP contribution in [-0.2, 0) is 17.8 Å². The number of aromatic nitrogens is 2. The van der Waals surface area contributed by atoms with E-state index in [-0.39, 0.29) is 11.7 Å². The molecule has 1 saturated heterocycles. The van der Waals surface area contributed by atoms with E-state index in [0.717, 1.165) is 32.4 Å². The largest absolute Gasteiger partial charge is 0.342 e. The van der Waals surface area contributed by atoms with Crippen molar-refractivity contribution in [2.24, 2.45) is 5.92 Å². The number of aryl methyl sites for hydroxylation is 2. The van der Waals surface area contributed by atoms with Crippen LogP contribution in [0.25, 0.3) is 0 Å². The second-order valence-corrected chi connectivity index (χ2v) is 6.53. The molecule has 0 spiro atoms. The lowest BCUT2D eigenvalue weighted by molar-refractivity contribution is -0.133. The quantitative estimate of drug-likeness (QED) is 0.816. The Morgan fingerprint density at radius 3 is 2.88 bits per heavy atom. The van der Waals surface area contributed by atoms with E-state index in [9.17, 15) is 9.18 Å². The van der Waals surface area contributed by atoms with Gasteiger partial charge in [-0.1, -0.05) is 12.1 Å². The third-order valence-corrected chi connectivity index (χ3v) is 4.74. The molecule has 1 atom stereocenters. The van der Waals surface area contributed by atoms with Gasteiger partial charge in [-0.3, -0.25) is 9.48 Å². The standard InChI is InChI=1S/C19H24FN3O/c20-18-8-6-16(7-9-18)4-5-17-3-1-12-22(15-17)19(24)10-14-23-13-2-11-21-23/h2,6-9,11,13,17H,1,3-5,10,12,14-15H2/t17-/m1/s1. The van der Waals surface area contributed by atoms with Crippen molar-refractivity contribution in [1.82, 2.24) is 14.7 Å². The van der Waals surface area contributed by atoms with Gasteiger partial charge in [-0.2, -0.15) is 5.10 Å². The number of amides is 1. The van der Waals surface area contributed by atoms with Crippen LogP contribution < -0.4 is 0 Å². The van der Waals surface area contributed by atoms with Crippen molar-refractivity contribution in [2.75, 3.05) is 13.1 Å². The molecule has 1 aliphatic rings. The maximum absolute atomic E-state index is 12.9. The summed E-state index contributed by atoms with van der Waals surface area (Å²) >= 11 is 0. The SMILES string of the molecule is O=C(CCn1cccn1)N1CCC[C@H](CCc2ccc(F)cc2)C1. The van der Waals surface area contributed by atoms with Crippen LogP contribution in [0.1, 0.15) is 31.2 Å². The highest BCUT2D eigenvalue weighted by atomic mass is 19.1. The van der Waals surface area contributed by atoms with Crippen LogP contribution in [0.15, 0.2) is 42.7 Å². The first-order valence-corrected chi connectivity index (χ1v) is 8.70. The van der Waals surface area contributed by atoms with Gasteiger partial charge in [0.05, 0.1) is 0 Å². The zero-order chi connectivity index (χ0) is 16.8. The summed E-state index contributed by atoms with van der Waals surface area (Å²) in [4.78, 5) is 14.4. The number of hydrogen-bond donors (Lipinski definition) is 0. The molecule has 2 heterocycles. The number of carbonyl (C=O) groups excluding carboxylic acids is 1. The molecule has 128 valence electrons. The molecular formula is C19H24FN3O. The first-order chi connectivity index (χ1) is 11.7. The predicted octanol–water partition coefficient (Wildman–Crippen LogP) is 3.28. The monoisotopic (exact) mass is 329 g/mol. The lowest BCUT2D eigenvalue weighted by Crippen LogP contribution is -2.40. The summed E-state index contributed by atoms with van der Waals surface area (Å²) < 4.78 is 14.7. The van der Waals surface area contributed by atoms with Gasteiger partial charge in [0.2, 0.25) is 5.91 Å². The Labute approximate surface area is 142 Å². The zero-order valence-corrected chi connectivity index (χ0v) is 13.9. The molecule has 0 radical (unpaired) electrons. The van der Waals surface area contributed by atoms with Crippen molar-refractivity contribution in [1.29, 1.82) is 0 Å². The molecule has 0 N–H and O–H groups in total. The third-order valence-electron chi connectivity index (χ3n) is 4.74. The van der Waals surface area contributed by atoms with Crippen molar-refractivity contribution in [3.05, 3.63) is 54.1 Å². The predicted molar refractivity (Wildman–Crippen MR) is 90.9 cm³/mol. The number of halogens is 1. The van der Waals surface area contributed by atoms with Gasteiger partial charge in [-0.05, 0) is 55.4 Å². The summed E-state index contributed by atoms with van der Waals surface area (Å²) in [6.45, 7) is 2.35. The Balaban J connectivity index is 1.45. The first kappa shape index (κ1) is 16.7. The molecular weight excluding hydrogens is 305 g/mol. The number of rotatable bonds is 6. The van der Waals surface area contributed by atoms with Crippen LogP contribution in [0.4, 0.5) is 4.39 Å². The van der Waals surface area contributed by atoms with Gasteiger partial charge in [0.25, 0.3) is 0 Å². The summed E-state index contributed by atoms with van der Waals surface area (Å²) in [5, 5.41) is 4.14. The van der Waals surface area contributed by atoms with Crippen LogP contribution >= 0.6 is 0 Å². The minimum atomic E-state index is -0.189. The molecule has 3 rings (SSSR count). The lowest BCUT2D eigenvalue weighted by atomic mass is 9.91. The molecule has 0 saturated carbocycles. The Morgan fingerprint density at radius 1 is 1.29 bits per heavy atom. The van der Waals surface area contributed by atoms with Crippen molar-refractivity contribution in [3.63, 3.8) is 0 Å². The van der Waals surface area contributed by atoms with Gasteiger partial charge in [-0.15, -0.1) is 0 Å². The van der Waals surface area contributed by atoms with E-state index >= 15 is 0 Å². The number of nitrogens with zero attached hydrogens (tertiary/aromatic N) is 3. The van der Waals surface area contributed by atoms with Gasteiger partial charge in [0.1, 0.15) is 5.82 Å². The molecule has 1 amide bonds. The van der Waals surface area contributed by atoms with E-state index in [2.05, 4.69) is 5.10 Å². The van der Waals surface area contributed by atoms with Gasteiger partial charge in [0.15, 0.2) is 0 Å². The number of likely N-dealkylation sites (tertiary alicyclic amines) is 1. The molecule has 24 heavy (non-hydrogen) atoms. The van der Waals surface area contributed by atoms with E-state index in [1.165, 1.54) is 24.1 Å². The van der Waals surface area contributed by atoms with E-state index in [1.807, 2.05) is 29.3 Å². The Kier molecular flexibility index (Phi) is 5.62. The molecule has 5 heteroatoms. The molecule has 0 unspecified atom stereocenters. The topological polar surface area (TPSA) is 38.1 Å². The molecule has 1 aromatic heterocycles.